The van der Waals surface area contributed by atoms with Gasteiger partial charge in [-0.15, -0.1) is 0 Å². The molecule has 5 atom stereocenters. The van der Waals surface area contributed by atoms with Crippen LogP contribution in [0, 0.1) is 16.7 Å². The molecule has 5 rings (SSSR count). The molecule has 0 radical (unpaired) electrons. The second-order valence-corrected chi connectivity index (χ2v) is 8.30. The Morgan fingerprint density at radius 1 is 1.09 bits per heavy atom. The molecule has 0 heterocycles. The predicted molar refractivity (Wildman–Crippen MR) is 85.8 cm³/mol. The molecule has 2 heteroatoms. The van der Waals surface area contributed by atoms with Crippen molar-refractivity contribution in [2.24, 2.45) is 16.7 Å². The predicted octanol–water partition coefficient (Wildman–Crippen LogP) is 3.92. The molecule has 22 heavy (non-hydrogen) atoms. The fourth-order valence-corrected chi connectivity index (χ4v) is 6.66. The van der Waals surface area contributed by atoms with Crippen molar-refractivity contribution in [2.45, 2.75) is 57.0 Å². The molecule has 2 N–H and O–H groups in total. The van der Waals surface area contributed by atoms with Gasteiger partial charge in [0.25, 0.3) is 0 Å². The van der Waals surface area contributed by atoms with Gasteiger partial charge in [0.15, 0.2) is 0 Å². The van der Waals surface area contributed by atoms with E-state index >= 15 is 0 Å². The third-order valence-electron chi connectivity index (χ3n) is 7.91. The monoisotopic (exact) mass is 296 g/mol. The van der Waals surface area contributed by atoms with Crippen molar-refractivity contribution in [1.29, 1.82) is 0 Å². The average Bonchev–Trinajstić information content (AvgIpc) is 2.88. The number of phenolic OH excluding ortho intramolecular Hbond substituents is 1. The molecular formula is C20H24O2. The number of allylic oxidation sites excluding steroid dienone is 1. The van der Waals surface area contributed by atoms with Crippen molar-refractivity contribution in [3.8, 4) is 5.75 Å². The first-order chi connectivity index (χ1) is 10.5. The summed E-state index contributed by atoms with van der Waals surface area (Å²) in [5, 5.41) is 20.9. The summed E-state index contributed by atoms with van der Waals surface area (Å²) in [6.45, 7) is 2.34. The minimum Gasteiger partial charge on any atom is -0.508 e. The topological polar surface area (TPSA) is 40.5 Å². The van der Waals surface area contributed by atoms with Gasteiger partial charge in [0.05, 0.1) is 5.60 Å². The van der Waals surface area contributed by atoms with E-state index in [9.17, 15) is 10.2 Å². The van der Waals surface area contributed by atoms with Gasteiger partial charge in [0.1, 0.15) is 5.75 Å². The van der Waals surface area contributed by atoms with E-state index in [0.717, 1.165) is 25.7 Å². The first-order valence-corrected chi connectivity index (χ1v) is 8.74. The molecule has 0 unspecified atom stereocenters. The molecule has 2 fully saturated rings. The second-order valence-electron chi connectivity index (χ2n) is 8.30. The van der Waals surface area contributed by atoms with Crippen molar-refractivity contribution >= 4 is 0 Å². The van der Waals surface area contributed by atoms with E-state index in [1.807, 2.05) is 12.1 Å². The highest BCUT2D eigenvalue weighted by Crippen LogP contribution is 2.74. The number of aryl methyl sites for hydroxylation is 1. The Balaban J connectivity index is 1.64. The number of aromatic hydroxyl groups is 1. The third-order valence-corrected chi connectivity index (χ3v) is 7.91. The summed E-state index contributed by atoms with van der Waals surface area (Å²) in [7, 11) is 0. The van der Waals surface area contributed by atoms with E-state index in [0.29, 0.717) is 17.6 Å². The molecule has 0 aliphatic heterocycles. The van der Waals surface area contributed by atoms with E-state index in [2.05, 4.69) is 25.1 Å². The van der Waals surface area contributed by atoms with Crippen LogP contribution in [-0.2, 0) is 6.42 Å². The highest BCUT2D eigenvalue weighted by molar-refractivity contribution is 5.44. The number of aliphatic hydroxyl groups is 1. The highest BCUT2D eigenvalue weighted by atomic mass is 16.3. The van der Waals surface area contributed by atoms with Gasteiger partial charge in [-0.2, -0.15) is 0 Å². The van der Waals surface area contributed by atoms with Crippen LogP contribution in [0.15, 0.2) is 30.4 Å². The number of fused-ring (bicyclic) bond motifs is 3. The van der Waals surface area contributed by atoms with E-state index in [1.165, 1.54) is 24.0 Å². The third kappa shape index (κ3) is 1.24. The van der Waals surface area contributed by atoms with Crippen molar-refractivity contribution < 1.29 is 10.2 Å². The maximum Gasteiger partial charge on any atom is 0.115 e. The molecule has 2 saturated carbocycles. The smallest absolute Gasteiger partial charge is 0.115 e. The Kier molecular flexibility index (Phi) is 2.27. The molecule has 1 aromatic rings. The van der Waals surface area contributed by atoms with Gasteiger partial charge >= 0.3 is 0 Å². The van der Waals surface area contributed by atoms with Gasteiger partial charge in [-0.05, 0) is 73.6 Å². The van der Waals surface area contributed by atoms with Crippen LogP contribution in [0.4, 0.5) is 0 Å². The largest absolute Gasteiger partial charge is 0.508 e. The van der Waals surface area contributed by atoms with Crippen LogP contribution >= 0.6 is 0 Å². The zero-order valence-electron chi connectivity index (χ0n) is 13.2. The Morgan fingerprint density at radius 2 is 1.95 bits per heavy atom. The molecule has 0 amide bonds. The van der Waals surface area contributed by atoms with Gasteiger partial charge in [0, 0.05) is 10.8 Å². The molecule has 0 aromatic heterocycles. The fourth-order valence-electron chi connectivity index (χ4n) is 6.66. The van der Waals surface area contributed by atoms with Gasteiger partial charge in [-0.3, -0.25) is 0 Å². The lowest BCUT2D eigenvalue weighted by molar-refractivity contribution is -0.0870. The van der Waals surface area contributed by atoms with Crippen LogP contribution < -0.4 is 0 Å². The first-order valence-electron chi connectivity index (χ1n) is 8.74. The van der Waals surface area contributed by atoms with Crippen LogP contribution in [0.2, 0.25) is 0 Å². The number of phenols is 1. The lowest BCUT2D eigenvalue weighted by Gasteiger charge is -2.56. The fraction of sp³-hybridized carbons (Fsp3) is 0.600. The summed E-state index contributed by atoms with van der Waals surface area (Å²) < 4.78 is 0. The Labute approximate surface area is 131 Å². The zero-order chi connectivity index (χ0) is 15.2. The molecule has 4 aliphatic rings. The van der Waals surface area contributed by atoms with E-state index < -0.39 is 5.60 Å². The average molecular weight is 296 g/mol. The van der Waals surface area contributed by atoms with Crippen molar-refractivity contribution in [3.05, 3.63) is 41.5 Å². The molecule has 4 aliphatic carbocycles. The summed E-state index contributed by atoms with van der Waals surface area (Å²) in [5.74, 6) is 1.64. The first kappa shape index (κ1) is 13.2. The van der Waals surface area contributed by atoms with Crippen molar-refractivity contribution in [3.63, 3.8) is 0 Å². The summed E-state index contributed by atoms with van der Waals surface area (Å²) in [6.07, 6.45) is 11.1. The van der Waals surface area contributed by atoms with Crippen LogP contribution in [0.25, 0.3) is 0 Å². The molecule has 0 spiro atoms. The SMILES string of the molecule is C[C@]12CC[C@@H]3c4ccc(O)cc4CC[C@H]3[C@@]13C=C[C@@]2([16OH])CC3. The van der Waals surface area contributed by atoms with E-state index in [4.69, 9.17) is 0 Å². The highest BCUT2D eigenvalue weighted by Gasteiger charge is 2.70. The van der Waals surface area contributed by atoms with Gasteiger partial charge in [-0.25, -0.2) is 0 Å². The Bertz CT molecular complexity index is 693. The van der Waals surface area contributed by atoms with E-state index in [-0.39, 0.29) is 10.8 Å². The van der Waals surface area contributed by atoms with Crippen LogP contribution in [0.1, 0.15) is 56.1 Å². The summed E-state index contributed by atoms with van der Waals surface area (Å²) in [6, 6.07) is 5.97. The molecular weight excluding hydrogens is 272 g/mol. The van der Waals surface area contributed by atoms with E-state index in [1.54, 1.807) is 0 Å². The van der Waals surface area contributed by atoms with Crippen LogP contribution in [0.5, 0.6) is 5.75 Å². The molecule has 2 nitrogen and oxygen atoms in total. The van der Waals surface area contributed by atoms with Gasteiger partial charge in [0.2, 0.25) is 0 Å². The number of hydrogen-bond donors (Lipinski definition) is 2. The lowest BCUT2D eigenvalue weighted by Crippen LogP contribution is -2.52. The minimum absolute atomic E-state index is 0.0373. The zero-order valence-corrected chi connectivity index (χ0v) is 13.2. The summed E-state index contributed by atoms with van der Waals surface area (Å²) in [5.41, 5.74) is 2.47. The Hall–Kier alpha value is -1.28. The van der Waals surface area contributed by atoms with Crippen molar-refractivity contribution in [1.82, 2.24) is 0 Å². The number of hydrogen-bond acceptors (Lipinski definition) is 2. The Morgan fingerprint density at radius 3 is 2.73 bits per heavy atom. The molecule has 116 valence electrons. The maximum atomic E-state index is 11.1. The lowest BCUT2D eigenvalue weighted by atomic mass is 9.48. The maximum absolute atomic E-state index is 11.1. The number of rotatable bonds is 0. The standard InChI is InChI=1S/C20H24O2/c1-18-7-6-16-15-4-3-14(21)12-13(15)2-5-17(16)19(18)8-10-20(18,22)11-9-19/h3-4,8,10,12,16-17,21-22H,2,5-7,9,11H2,1H3/t16-,17-,18+,19+,20-/m1/s1/i22+0. The normalized spacial score (nSPS) is 47.9. The summed E-state index contributed by atoms with van der Waals surface area (Å²) >= 11 is 0. The van der Waals surface area contributed by atoms with Crippen LogP contribution in [0.3, 0.4) is 0 Å². The summed E-state index contributed by atoms with van der Waals surface area (Å²) in [4.78, 5) is 0. The number of benzene rings is 1. The quantitative estimate of drug-likeness (QED) is 0.712. The second kappa shape index (κ2) is 3.79. The van der Waals surface area contributed by atoms with Gasteiger partial charge in [-0.1, -0.05) is 25.1 Å². The van der Waals surface area contributed by atoms with Gasteiger partial charge < -0.3 is 10.2 Å². The molecule has 2 bridgehead atoms. The molecule has 1 aromatic carbocycles. The minimum atomic E-state index is -0.562. The van der Waals surface area contributed by atoms with Crippen molar-refractivity contribution in [2.75, 3.05) is 0 Å². The molecule has 0 saturated heterocycles. The van der Waals surface area contributed by atoms with Crippen LogP contribution in [-0.4, -0.2) is 15.8 Å².